The molecule has 0 saturated heterocycles. The number of rotatable bonds is 3. The molecule has 0 spiro atoms. The SMILES string of the molecule is O=C(C(c1ccccc1)n1cccc1)N1CCn2c1nc1ccccc12. The first kappa shape index (κ1) is 15.0. The van der Waals surface area contributed by atoms with E-state index in [2.05, 4.69) is 10.6 Å². The number of benzene rings is 2. The predicted octanol–water partition coefficient (Wildman–Crippen LogP) is 3.47. The van der Waals surface area contributed by atoms with E-state index >= 15 is 0 Å². The first-order valence-electron chi connectivity index (χ1n) is 8.77. The maximum Gasteiger partial charge on any atom is 0.257 e. The van der Waals surface area contributed by atoms with Crippen molar-refractivity contribution in [2.24, 2.45) is 0 Å². The average Bonchev–Trinajstić information content (AvgIpc) is 3.39. The number of hydrogen-bond acceptors (Lipinski definition) is 2. The molecule has 1 amide bonds. The highest BCUT2D eigenvalue weighted by Gasteiger charge is 2.34. The summed E-state index contributed by atoms with van der Waals surface area (Å²) < 4.78 is 4.09. The van der Waals surface area contributed by atoms with Gasteiger partial charge in [0.1, 0.15) is 6.04 Å². The van der Waals surface area contributed by atoms with Gasteiger partial charge >= 0.3 is 0 Å². The highest BCUT2D eigenvalue weighted by atomic mass is 16.2. The van der Waals surface area contributed by atoms with Crippen LogP contribution in [-0.2, 0) is 11.3 Å². The minimum Gasteiger partial charge on any atom is -0.338 e. The number of hydrogen-bond donors (Lipinski definition) is 0. The molecule has 0 radical (unpaired) electrons. The van der Waals surface area contributed by atoms with Gasteiger partial charge in [-0.15, -0.1) is 0 Å². The van der Waals surface area contributed by atoms with E-state index in [9.17, 15) is 4.79 Å². The molecule has 26 heavy (non-hydrogen) atoms. The second-order valence-electron chi connectivity index (χ2n) is 6.49. The van der Waals surface area contributed by atoms with Crippen molar-refractivity contribution in [2.75, 3.05) is 11.4 Å². The Bertz CT molecular complexity index is 1070. The van der Waals surface area contributed by atoms with Gasteiger partial charge in [0.15, 0.2) is 0 Å². The Hall–Kier alpha value is -3.34. The minimum atomic E-state index is -0.391. The van der Waals surface area contributed by atoms with Crippen LogP contribution in [0.3, 0.4) is 0 Å². The number of anilines is 1. The van der Waals surface area contributed by atoms with Crippen LogP contribution >= 0.6 is 0 Å². The highest BCUT2D eigenvalue weighted by molar-refractivity contribution is 5.99. The monoisotopic (exact) mass is 342 g/mol. The number of para-hydroxylation sites is 2. The molecule has 1 aliphatic heterocycles. The second kappa shape index (κ2) is 5.88. The summed E-state index contributed by atoms with van der Waals surface area (Å²) in [7, 11) is 0. The summed E-state index contributed by atoms with van der Waals surface area (Å²) in [5.74, 6) is 0.783. The standard InChI is InChI=1S/C21H18N4O/c26-20(19(23-12-6-7-13-23)16-8-2-1-3-9-16)25-15-14-24-18-11-5-4-10-17(18)22-21(24)25/h1-13,19H,14-15H2. The molecule has 0 saturated carbocycles. The van der Waals surface area contributed by atoms with E-state index in [1.807, 2.05) is 82.5 Å². The van der Waals surface area contributed by atoms with Gasteiger partial charge in [0, 0.05) is 25.5 Å². The smallest absolute Gasteiger partial charge is 0.257 e. The number of amides is 1. The molecule has 0 bridgehead atoms. The molecule has 5 heteroatoms. The molecular weight excluding hydrogens is 324 g/mol. The van der Waals surface area contributed by atoms with Crippen LogP contribution in [-0.4, -0.2) is 26.6 Å². The third kappa shape index (κ3) is 2.24. The van der Waals surface area contributed by atoms with Crippen LogP contribution in [0.2, 0.25) is 0 Å². The van der Waals surface area contributed by atoms with E-state index in [4.69, 9.17) is 4.98 Å². The molecule has 0 aliphatic carbocycles. The van der Waals surface area contributed by atoms with Gasteiger partial charge in [-0.05, 0) is 29.8 Å². The van der Waals surface area contributed by atoms with E-state index in [0.29, 0.717) is 6.54 Å². The largest absolute Gasteiger partial charge is 0.338 e. The lowest BCUT2D eigenvalue weighted by Crippen LogP contribution is -2.36. The Kier molecular flexibility index (Phi) is 3.38. The Labute approximate surface area is 151 Å². The molecule has 128 valence electrons. The van der Waals surface area contributed by atoms with Crippen molar-refractivity contribution in [3.05, 3.63) is 84.7 Å². The zero-order valence-corrected chi connectivity index (χ0v) is 14.2. The van der Waals surface area contributed by atoms with Gasteiger partial charge in [-0.2, -0.15) is 0 Å². The Morgan fingerprint density at radius 1 is 0.885 bits per heavy atom. The molecule has 2 aromatic heterocycles. The summed E-state index contributed by atoms with van der Waals surface area (Å²) in [6.45, 7) is 1.42. The summed E-state index contributed by atoms with van der Waals surface area (Å²) in [4.78, 5) is 20.1. The molecule has 4 aromatic rings. The Morgan fingerprint density at radius 2 is 1.62 bits per heavy atom. The molecule has 5 nitrogen and oxygen atoms in total. The van der Waals surface area contributed by atoms with Gasteiger partial charge in [0.25, 0.3) is 5.91 Å². The zero-order chi connectivity index (χ0) is 17.5. The second-order valence-corrected chi connectivity index (χ2v) is 6.49. The third-order valence-corrected chi connectivity index (χ3v) is 4.96. The van der Waals surface area contributed by atoms with E-state index in [1.165, 1.54) is 0 Å². The van der Waals surface area contributed by atoms with Crippen molar-refractivity contribution in [3.8, 4) is 0 Å². The van der Waals surface area contributed by atoms with Gasteiger partial charge in [0.05, 0.1) is 11.0 Å². The lowest BCUT2D eigenvalue weighted by Gasteiger charge is -2.24. The summed E-state index contributed by atoms with van der Waals surface area (Å²) >= 11 is 0. The van der Waals surface area contributed by atoms with Crippen LogP contribution in [0.5, 0.6) is 0 Å². The first-order chi connectivity index (χ1) is 12.8. The molecule has 1 unspecified atom stereocenters. The molecule has 1 atom stereocenters. The normalized spacial score (nSPS) is 14.5. The van der Waals surface area contributed by atoms with E-state index in [1.54, 1.807) is 0 Å². The van der Waals surface area contributed by atoms with Crippen LogP contribution < -0.4 is 4.90 Å². The average molecular weight is 342 g/mol. The maximum absolute atomic E-state index is 13.5. The van der Waals surface area contributed by atoms with Gasteiger partial charge < -0.3 is 9.13 Å². The van der Waals surface area contributed by atoms with Gasteiger partial charge in [-0.25, -0.2) is 4.98 Å². The van der Waals surface area contributed by atoms with Crippen molar-refractivity contribution >= 4 is 22.9 Å². The molecule has 5 rings (SSSR count). The quantitative estimate of drug-likeness (QED) is 0.572. The predicted molar refractivity (Wildman–Crippen MR) is 101 cm³/mol. The van der Waals surface area contributed by atoms with E-state index in [-0.39, 0.29) is 5.91 Å². The first-order valence-corrected chi connectivity index (χ1v) is 8.77. The Balaban J connectivity index is 1.59. The lowest BCUT2D eigenvalue weighted by atomic mass is 10.1. The number of fused-ring (bicyclic) bond motifs is 3. The van der Waals surface area contributed by atoms with Crippen LogP contribution in [0.4, 0.5) is 5.95 Å². The molecule has 2 aromatic carbocycles. The van der Waals surface area contributed by atoms with Crippen LogP contribution in [0, 0.1) is 0 Å². The summed E-state index contributed by atoms with van der Waals surface area (Å²) in [6, 6.07) is 21.4. The van der Waals surface area contributed by atoms with E-state index in [0.717, 1.165) is 29.1 Å². The van der Waals surface area contributed by atoms with Crippen molar-refractivity contribution in [1.82, 2.24) is 14.1 Å². The number of imidazole rings is 1. The molecule has 0 N–H and O–H groups in total. The molecular formula is C21H18N4O. The van der Waals surface area contributed by atoms with Crippen LogP contribution in [0.25, 0.3) is 11.0 Å². The van der Waals surface area contributed by atoms with Gasteiger partial charge in [-0.1, -0.05) is 42.5 Å². The van der Waals surface area contributed by atoms with Crippen molar-refractivity contribution in [2.45, 2.75) is 12.6 Å². The number of carbonyl (C=O) groups excluding carboxylic acids is 1. The van der Waals surface area contributed by atoms with Crippen molar-refractivity contribution in [1.29, 1.82) is 0 Å². The zero-order valence-electron chi connectivity index (χ0n) is 14.2. The topological polar surface area (TPSA) is 43.1 Å². The summed E-state index contributed by atoms with van der Waals surface area (Å²) in [5.41, 5.74) is 2.98. The third-order valence-electron chi connectivity index (χ3n) is 4.96. The lowest BCUT2D eigenvalue weighted by molar-refractivity contribution is -0.120. The van der Waals surface area contributed by atoms with Crippen LogP contribution in [0.1, 0.15) is 11.6 Å². The summed E-state index contributed by atoms with van der Waals surface area (Å²) in [6.07, 6.45) is 3.88. The molecule has 1 aliphatic rings. The fourth-order valence-corrected chi connectivity index (χ4v) is 3.74. The van der Waals surface area contributed by atoms with Crippen LogP contribution in [0.15, 0.2) is 79.1 Å². The number of nitrogens with zero attached hydrogens (tertiary/aromatic N) is 4. The fraction of sp³-hybridized carbons (Fsp3) is 0.143. The maximum atomic E-state index is 13.5. The highest BCUT2D eigenvalue weighted by Crippen LogP contribution is 2.30. The van der Waals surface area contributed by atoms with Crippen molar-refractivity contribution < 1.29 is 4.79 Å². The molecule has 0 fully saturated rings. The van der Waals surface area contributed by atoms with Crippen molar-refractivity contribution in [3.63, 3.8) is 0 Å². The van der Waals surface area contributed by atoms with Gasteiger partial charge in [-0.3, -0.25) is 9.69 Å². The van der Waals surface area contributed by atoms with Gasteiger partial charge in [0.2, 0.25) is 5.95 Å². The Morgan fingerprint density at radius 3 is 2.42 bits per heavy atom. The minimum absolute atomic E-state index is 0.0430. The molecule has 3 heterocycles. The number of aromatic nitrogens is 3. The number of carbonyl (C=O) groups is 1. The van der Waals surface area contributed by atoms with E-state index < -0.39 is 6.04 Å². The fourth-order valence-electron chi connectivity index (χ4n) is 3.74. The summed E-state index contributed by atoms with van der Waals surface area (Å²) in [5, 5.41) is 0.